The molecule has 0 N–H and O–H groups in total. The number of halogens is 1. The van der Waals surface area contributed by atoms with Gasteiger partial charge in [-0.25, -0.2) is 4.79 Å². The van der Waals surface area contributed by atoms with E-state index in [4.69, 9.17) is 21.6 Å². The van der Waals surface area contributed by atoms with E-state index in [1.165, 1.54) is 17.0 Å². The quantitative estimate of drug-likeness (QED) is 0.791. The van der Waals surface area contributed by atoms with Gasteiger partial charge in [0.15, 0.2) is 0 Å². The molecule has 1 aromatic carbocycles. The van der Waals surface area contributed by atoms with Crippen molar-refractivity contribution in [1.82, 2.24) is 4.90 Å². The van der Waals surface area contributed by atoms with Crippen molar-refractivity contribution in [1.29, 1.82) is 5.26 Å². The molecule has 116 valence electrons. The summed E-state index contributed by atoms with van der Waals surface area (Å²) >= 11 is 7.59. The van der Waals surface area contributed by atoms with Crippen LogP contribution in [0.3, 0.4) is 0 Å². The third-order valence-corrected chi connectivity index (χ3v) is 4.62. The van der Waals surface area contributed by atoms with Crippen molar-refractivity contribution in [3.63, 3.8) is 0 Å². The second kappa shape index (κ2) is 7.52. The summed E-state index contributed by atoms with van der Waals surface area (Å²) in [7, 11) is 0. The van der Waals surface area contributed by atoms with Crippen molar-refractivity contribution in [2.75, 3.05) is 24.7 Å². The van der Waals surface area contributed by atoms with Crippen LogP contribution in [0.1, 0.15) is 22.8 Å². The zero-order valence-corrected chi connectivity index (χ0v) is 13.6. The molecular weight excluding hydrogens is 324 g/mol. The summed E-state index contributed by atoms with van der Waals surface area (Å²) in [6, 6.07) is 5.89. The average molecular weight is 339 g/mol. The van der Waals surface area contributed by atoms with Gasteiger partial charge in [0.05, 0.1) is 17.2 Å². The molecule has 1 atom stereocenters. The van der Waals surface area contributed by atoms with Crippen LogP contribution in [0.4, 0.5) is 0 Å². The average Bonchev–Trinajstić information content (AvgIpc) is 2.54. The third kappa shape index (κ3) is 3.54. The Bertz CT molecular complexity index is 630. The first-order valence-corrected chi connectivity index (χ1v) is 8.36. The monoisotopic (exact) mass is 338 g/mol. The van der Waals surface area contributed by atoms with E-state index in [2.05, 4.69) is 0 Å². The number of esters is 1. The van der Waals surface area contributed by atoms with Crippen LogP contribution in [0, 0.1) is 11.3 Å². The van der Waals surface area contributed by atoms with Crippen molar-refractivity contribution < 1.29 is 14.3 Å². The number of nitriles is 1. The van der Waals surface area contributed by atoms with E-state index in [0.717, 1.165) is 5.75 Å². The van der Waals surface area contributed by atoms with Gasteiger partial charge in [-0.15, -0.1) is 0 Å². The lowest BCUT2D eigenvalue weighted by atomic mass is 10.1. The van der Waals surface area contributed by atoms with E-state index in [1.54, 1.807) is 24.8 Å². The van der Waals surface area contributed by atoms with Crippen molar-refractivity contribution >= 4 is 35.2 Å². The van der Waals surface area contributed by atoms with Crippen molar-refractivity contribution in [3.05, 3.63) is 34.3 Å². The summed E-state index contributed by atoms with van der Waals surface area (Å²) < 4.78 is 5.04. The number of hydrogen-bond acceptors (Lipinski definition) is 5. The summed E-state index contributed by atoms with van der Waals surface area (Å²) in [6.07, 6.45) is 0. The number of nitrogens with zero attached hydrogens (tertiary/aromatic N) is 2. The lowest BCUT2D eigenvalue weighted by Gasteiger charge is -2.33. The molecule has 1 aliphatic rings. The summed E-state index contributed by atoms with van der Waals surface area (Å²) in [5.41, 5.74) is 0.680. The van der Waals surface area contributed by atoms with Gasteiger partial charge in [0.1, 0.15) is 12.1 Å². The Morgan fingerprint density at radius 2 is 2.32 bits per heavy atom. The van der Waals surface area contributed by atoms with Gasteiger partial charge in [-0.2, -0.15) is 17.0 Å². The zero-order valence-electron chi connectivity index (χ0n) is 12.0. The normalized spacial score (nSPS) is 17.7. The molecule has 0 bridgehead atoms. The molecule has 1 amide bonds. The first-order valence-electron chi connectivity index (χ1n) is 6.83. The van der Waals surface area contributed by atoms with Crippen LogP contribution in [0.5, 0.6) is 0 Å². The molecule has 0 aliphatic carbocycles. The SMILES string of the molecule is CCOC(=O)C1CSCCN1C(=O)c1ccc(C#N)c(Cl)c1. The van der Waals surface area contributed by atoms with Gasteiger partial charge >= 0.3 is 5.97 Å². The van der Waals surface area contributed by atoms with Gasteiger partial charge in [0.2, 0.25) is 0 Å². The van der Waals surface area contributed by atoms with E-state index in [-0.39, 0.29) is 23.5 Å². The third-order valence-electron chi connectivity index (χ3n) is 3.28. The van der Waals surface area contributed by atoms with Crippen molar-refractivity contribution in [2.45, 2.75) is 13.0 Å². The molecule has 0 aromatic heterocycles. The number of thioether (sulfide) groups is 1. The second-order valence-electron chi connectivity index (χ2n) is 4.65. The highest BCUT2D eigenvalue weighted by molar-refractivity contribution is 7.99. The van der Waals surface area contributed by atoms with Crippen LogP contribution in [-0.4, -0.2) is 47.5 Å². The molecule has 22 heavy (non-hydrogen) atoms. The van der Waals surface area contributed by atoms with E-state index >= 15 is 0 Å². The predicted octanol–water partition coefficient (Wildman–Crippen LogP) is 2.33. The van der Waals surface area contributed by atoms with Crippen LogP contribution in [0.15, 0.2) is 18.2 Å². The number of amides is 1. The van der Waals surface area contributed by atoms with Crippen LogP contribution in [0.25, 0.3) is 0 Å². The molecule has 0 spiro atoms. The Morgan fingerprint density at radius 3 is 2.95 bits per heavy atom. The van der Waals surface area contributed by atoms with Crippen molar-refractivity contribution in [3.8, 4) is 6.07 Å². The first kappa shape index (κ1) is 16.7. The van der Waals surface area contributed by atoms with Crippen LogP contribution < -0.4 is 0 Å². The molecule has 1 aliphatic heterocycles. The standard InChI is InChI=1S/C15H15ClN2O3S/c1-2-21-15(20)13-9-22-6-5-18(13)14(19)10-3-4-11(8-17)12(16)7-10/h3-4,7,13H,2,5-6,9H2,1H3. The fourth-order valence-electron chi connectivity index (χ4n) is 2.19. The van der Waals surface area contributed by atoms with Gasteiger partial charge in [0, 0.05) is 23.6 Å². The summed E-state index contributed by atoms with van der Waals surface area (Å²) in [4.78, 5) is 26.2. The lowest BCUT2D eigenvalue weighted by Crippen LogP contribution is -2.51. The minimum absolute atomic E-state index is 0.229. The Balaban J connectivity index is 2.24. The maximum atomic E-state index is 12.6. The smallest absolute Gasteiger partial charge is 0.329 e. The molecule has 1 unspecified atom stereocenters. The summed E-state index contributed by atoms with van der Waals surface area (Å²) in [6.45, 7) is 2.50. The largest absolute Gasteiger partial charge is 0.464 e. The van der Waals surface area contributed by atoms with Gasteiger partial charge in [-0.3, -0.25) is 4.79 Å². The minimum Gasteiger partial charge on any atom is -0.464 e. The second-order valence-corrected chi connectivity index (χ2v) is 6.20. The molecule has 1 heterocycles. The lowest BCUT2D eigenvalue weighted by molar-refractivity contribution is -0.147. The molecule has 0 radical (unpaired) electrons. The van der Waals surface area contributed by atoms with Crippen LogP contribution in [-0.2, 0) is 9.53 Å². The predicted molar refractivity (Wildman–Crippen MR) is 84.9 cm³/mol. The highest BCUT2D eigenvalue weighted by Gasteiger charge is 2.34. The number of rotatable bonds is 3. The molecule has 7 heteroatoms. The Hall–Kier alpha value is -1.71. The summed E-state index contributed by atoms with van der Waals surface area (Å²) in [5, 5.41) is 9.11. The molecule has 5 nitrogen and oxygen atoms in total. The number of ether oxygens (including phenoxy) is 1. The van der Waals surface area contributed by atoms with Gasteiger partial charge in [0.25, 0.3) is 5.91 Å². The van der Waals surface area contributed by atoms with E-state index in [9.17, 15) is 9.59 Å². The van der Waals surface area contributed by atoms with E-state index in [0.29, 0.717) is 23.4 Å². The molecule has 1 aromatic rings. The number of benzene rings is 1. The fraction of sp³-hybridized carbons (Fsp3) is 0.400. The number of hydrogen-bond donors (Lipinski definition) is 0. The molecular formula is C15H15ClN2O3S. The molecule has 2 rings (SSSR count). The Morgan fingerprint density at radius 1 is 1.55 bits per heavy atom. The maximum absolute atomic E-state index is 12.6. The molecule has 0 saturated carbocycles. The zero-order chi connectivity index (χ0) is 16.1. The fourth-order valence-corrected chi connectivity index (χ4v) is 3.44. The Kier molecular flexibility index (Phi) is 5.69. The van der Waals surface area contributed by atoms with Crippen molar-refractivity contribution in [2.24, 2.45) is 0 Å². The van der Waals surface area contributed by atoms with Gasteiger partial charge in [-0.05, 0) is 25.1 Å². The summed E-state index contributed by atoms with van der Waals surface area (Å²) in [5.74, 6) is 0.632. The van der Waals surface area contributed by atoms with Crippen LogP contribution in [0.2, 0.25) is 5.02 Å². The minimum atomic E-state index is -0.583. The highest BCUT2D eigenvalue weighted by Crippen LogP contribution is 2.23. The highest BCUT2D eigenvalue weighted by atomic mass is 35.5. The topological polar surface area (TPSA) is 70.4 Å². The van der Waals surface area contributed by atoms with Gasteiger partial charge in [-0.1, -0.05) is 11.6 Å². The molecule has 1 saturated heterocycles. The maximum Gasteiger partial charge on any atom is 0.329 e. The number of carbonyl (C=O) groups excluding carboxylic acids is 2. The Labute approximate surface area is 138 Å². The molecule has 1 fully saturated rings. The number of carbonyl (C=O) groups is 2. The van der Waals surface area contributed by atoms with E-state index in [1.807, 2.05) is 6.07 Å². The van der Waals surface area contributed by atoms with Gasteiger partial charge < -0.3 is 9.64 Å². The van der Waals surface area contributed by atoms with Crippen LogP contribution >= 0.6 is 23.4 Å². The van der Waals surface area contributed by atoms with E-state index < -0.39 is 6.04 Å². The first-order chi connectivity index (χ1) is 10.6.